The van der Waals surface area contributed by atoms with Crippen molar-refractivity contribution in [2.75, 3.05) is 0 Å². The highest BCUT2D eigenvalue weighted by atomic mass is 19.4. The highest BCUT2D eigenvalue weighted by Crippen LogP contribution is 2.32. The summed E-state index contributed by atoms with van der Waals surface area (Å²) in [6.07, 6.45) is 0.464. The predicted octanol–water partition coefficient (Wildman–Crippen LogP) is 5.01. The van der Waals surface area contributed by atoms with E-state index in [1.54, 1.807) is 6.26 Å². The van der Waals surface area contributed by atoms with Gasteiger partial charge in [0.15, 0.2) is 0 Å². The summed E-state index contributed by atoms with van der Waals surface area (Å²) in [7, 11) is 0. The summed E-state index contributed by atoms with van der Waals surface area (Å²) in [4.78, 5) is 20.8. The van der Waals surface area contributed by atoms with Crippen LogP contribution in [-0.4, -0.2) is 32.1 Å². The molecule has 0 amide bonds. The highest BCUT2D eigenvalue weighted by Gasteiger charge is 2.38. The number of aliphatic carboxylic acids is 1. The van der Waals surface area contributed by atoms with Gasteiger partial charge in [0.05, 0.1) is 18.2 Å². The number of carboxylic acid groups (broad SMARTS) is 1. The number of hydrogen-bond acceptors (Lipinski definition) is 5. The third-order valence-corrected chi connectivity index (χ3v) is 4.69. The molecule has 3 heterocycles. The topological polar surface area (TPSA) is 79.5 Å². The third kappa shape index (κ3) is 5.69. The van der Waals surface area contributed by atoms with Crippen LogP contribution in [0.5, 0.6) is 0 Å². The molecule has 164 valence electrons. The van der Waals surface area contributed by atoms with Crippen molar-refractivity contribution in [3.05, 3.63) is 71.6 Å². The maximum atomic E-state index is 10.6. The number of fused-ring (bicyclic) bond motifs is 3. The number of aromatic nitrogens is 2. The Bertz CT molecular complexity index is 1030. The van der Waals surface area contributed by atoms with Gasteiger partial charge in [-0.15, -0.1) is 0 Å². The first kappa shape index (κ1) is 22.5. The van der Waals surface area contributed by atoms with Gasteiger partial charge < -0.3 is 9.52 Å². The van der Waals surface area contributed by atoms with Gasteiger partial charge in [-0.25, -0.2) is 14.8 Å². The fraction of sp³-hybridized carbons (Fsp3) is 0.318. The van der Waals surface area contributed by atoms with E-state index in [0.29, 0.717) is 5.92 Å². The van der Waals surface area contributed by atoms with Crippen LogP contribution in [0.1, 0.15) is 42.3 Å². The van der Waals surface area contributed by atoms with Gasteiger partial charge in [0, 0.05) is 48.4 Å². The summed E-state index contributed by atoms with van der Waals surface area (Å²) in [6.45, 7) is 6.86. The first-order valence-electron chi connectivity index (χ1n) is 9.62. The number of hydrogen-bond donors (Lipinski definition) is 1. The molecule has 1 aliphatic heterocycles. The minimum atomic E-state index is -5.08. The van der Waals surface area contributed by atoms with Crippen molar-refractivity contribution < 1.29 is 27.5 Å². The van der Waals surface area contributed by atoms with E-state index in [9.17, 15) is 13.2 Å². The standard InChI is InChI=1S/C20H21N3O.C2HF3O2/c1-14(2)20-21-9-17-12-23(10-15-7-8-24-13-15)11-16-5-3-4-6-18(16)19(17)22-20;3-2(4,5)1(6)7/h3-9,13-14H,10-12H2,1-2H3;(H,6,7). The lowest BCUT2D eigenvalue weighted by Crippen LogP contribution is -2.21. The second-order valence-corrected chi connectivity index (χ2v) is 7.49. The van der Waals surface area contributed by atoms with Crippen LogP contribution in [0, 0.1) is 0 Å². The molecule has 3 aromatic rings. The molecule has 1 aromatic carbocycles. The monoisotopic (exact) mass is 433 g/mol. The Kier molecular flexibility index (Phi) is 6.74. The van der Waals surface area contributed by atoms with E-state index < -0.39 is 12.1 Å². The Labute approximate surface area is 177 Å². The van der Waals surface area contributed by atoms with Crippen molar-refractivity contribution in [3.63, 3.8) is 0 Å². The van der Waals surface area contributed by atoms with E-state index in [-0.39, 0.29) is 0 Å². The lowest BCUT2D eigenvalue weighted by atomic mass is 10.0. The van der Waals surface area contributed by atoms with Crippen molar-refractivity contribution in [1.82, 2.24) is 14.9 Å². The molecule has 4 rings (SSSR count). The van der Waals surface area contributed by atoms with E-state index in [1.807, 2.05) is 18.5 Å². The fourth-order valence-electron chi connectivity index (χ4n) is 3.23. The second kappa shape index (κ2) is 9.30. The molecule has 0 radical (unpaired) electrons. The molecule has 1 aliphatic rings. The molecule has 0 unspecified atom stereocenters. The molecule has 0 spiro atoms. The van der Waals surface area contributed by atoms with Gasteiger partial charge in [0.2, 0.25) is 0 Å². The molecule has 31 heavy (non-hydrogen) atoms. The first-order chi connectivity index (χ1) is 14.6. The van der Waals surface area contributed by atoms with Crippen LogP contribution in [0.25, 0.3) is 11.3 Å². The van der Waals surface area contributed by atoms with Gasteiger partial charge in [-0.1, -0.05) is 38.1 Å². The number of furan rings is 1. The number of nitrogens with zero attached hydrogens (tertiary/aromatic N) is 3. The quantitative estimate of drug-likeness (QED) is 0.626. The van der Waals surface area contributed by atoms with E-state index in [2.05, 4.69) is 48.0 Å². The number of rotatable bonds is 3. The molecule has 0 saturated heterocycles. The summed E-state index contributed by atoms with van der Waals surface area (Å²) >= 11 is 0. The van der Waals surface area contributed by atoms with E-state index in [4.69, 9.17) is 19.3 Å². The van der Waals surface area contributed by atoms with Crippen LogP contribution in [0.2, 0.25) is 0 Å². The zero-order valence-corrected chi connectivity index (χ0v) is 17.1. The van der Waals surface area contributed by atoms with Gasteiger partial charge in [0.1, 0.15) is 5.82 Å². The molecule has 9 heteroatoms. The lowest BCUT2D eigenvalue weighted by Gasteiger charge is -2.20. The number of carbonyl (C=O) groups is 1. The van der Waals surface area contributed by atoms with E-state index >= 15 is 0 Å². The molecule has 6 nitrogen and oxygen atoms in total. The third-order valence-electron chi connectivity index (χ3n) is 4.69. The number of carboxylic acids is 1. The molecule has 1 N–H and O–H groups in total. The number of benzene rings is 1. The first-order valence-corrected chi connectivity index (χ1v) is 9.62. The molecule has 0 bridgehead atoms. The molecular weight excluding hydrogens is 411 g/mol. The largest absolute Gasteiger partial charge is 0.490 e. The average molecular weight is 433 g/mol. The van der Waals surface area contributed by atoms with Gasteiger partial charge in [-0.3, -0.25) is 4.90 Å². The summed E-state index contributed by atoms with van der Waals surface area (Å²) in [5, 5.41) is 7.12. The summed E-state index contributed by atoms with van der Waals surface area (Å²) in [6, 6.07) is 10.6. The molecular formula is C22H22F3N3O3. The van der Waals surface area contributed by atoms with Gasteiger partial charge in [-0.05, 0) is 11.6 Å². The van der Waals surface area contributed by atoms with Crippen LogP contribution in [-0.2, 0) is 24.4 Å². The van der Waals surface area contributed by atoms with Gasteiger partial charge >= 0.3 is 12.1 Å². The SMILES string of the molecule is CC(C)c1ncc2c(n1)-c1ccccc1CN(Cc1ccoc1)C2.O=C(O)C(F)(F)F. The van der Waals surface area contributed by atoms with Crippen LogP contribution < -0.4 is 0 Å². The number of alkyl halides is 3. The van der Waals surface area contributed by atoms with Crippen molar-refractivity contribution in [3.8, 4) is 11.3 Å². The summed E-state index contributed by atoms with van der Waals surface area (Å²) < 4.78 is 37.0. The Morgan fingerprint density at radius 1 is 1.19 bits per heavy atom. The van der Waals surface area contributed by atoms with Crippen molar-refractivity contribution in [1.29, 1.82) is 0 Å². The summed E-state index contributed by atoms with van der Waals surface area (Å²) in [5.74, 6) is -1.52. The Morgan fingerprint density at radius 3 is 2.48 bits per heavy atom. The fourth-order valence-corrected chi connectivity index (χ4v) is 3.23. The van der Waals surface area contributed by atoms with Crippen LogP contribution in [0.15, 0.2) is 53.5 Å². The normalized spacial score (nSPS) is 13.6. The maximum absolute atomic E-state index is 10.6. The van der Waals surface area contributed by atoms with E-state index in [1.165, 1.54) is 22.3 Å². The smallest absolute Gasteiger partial charge is 0.475 e. The summed E-state index contributed by atoms with van der Waals surface area (Å²) in [5.41, 5.74) is 6.00. The van der Waals surface area contributed by atoms with Crippen LogP contribution in [0.3, 0.4) is 0 Å². The zero-order chi connectivity index (χ0) is 22.6. The Hall–Kier alpha value is -3.20. The molecule has 0 atom stereocenters. The minimum absolute atomic E-state index is 0.327. The van der Waals surface area contributed by atoms with Gasteiger partial charge in [0.25, 0.3) is 0 Å². The van der Waals surface area contributed by atoms with Crippen molar-refractivity contribution in [2.24, 2.45) is 0 Å². The molecule has 0 aliphatic carbocycles. The van der Waals surface area contributed by atoms with Crippen molar-refractivity contribution in [2.45, 2.75) is 45.6 Å². The molecule has 0 fully saturated rings. The number of halogens is 3. The average Bonchev–Trinajstić information content (AvgIpc) is 3.15. The lowest BCUT2D eigenvalue weighted by molar-refractivity contribution is -0.192. The Balaban J connectivity index is 0.000000339. The predicted molar refractivity (Wildman–Crippen MR) is 107 cm³/mol. The minimum Gasteiger partial charge on any atom is -0.475 e. The van der Waals surface area contributed by atoms with E-state index in [0.717, 1.165) is 31.2 Å². The van der Waals surface area contributed by atoms with Crippen molar-refractivity contribution >= 4 is 5.97 Å². The van der Waals surface area contributed by atoms with Crippen LogP contribution >= 0.6 is 0 Å². The highest BCUT2D eigenvalue weighted by molar-refractivity contribution is 5.73. The molecule has 0 saturated carbocycles. The zero-order valence-electron chi connectivity index (χ0n) is 17.1. The second-order valence-electron chi connectivity index (χ2n) is 7.49. The Morgan fingerprint density at radius 2 is 1.87 bits per heavy atom. The molecule has 2 aromatic heterocycles. The van der Waals surface area contributed by atoms with Gasteiger partial charge in [-0.2, -0.15) is 13.2 Å². The maximum Gasteiger partial charge on any atom is 0.490 e. The van der Waals surface area contributed by atoms with Crippen LogP contribution in [0.4, 0.5) is 13.2 Å².